The van der Waals surface area contributed by atoms with Crippen LogP contribution in [0.4, 0.5) is 0 Å². The van der Waals surface area contributed by atoms with Gasteiger partial charge in [0, 0.05) is 24.7 Å². The van der Waals surface area contributed by atoms with Crippen LogP contribution in [0, 0.1) is 11.3 Å². The zero-order valence-corrected chi connectivity index (χ0v) is 13.8. The first-order valence-electron chi connectivity index (χ1n) is 7.84. The van der Waals surface area contributed by atoms with Crippen molar-refractivity contribution in [3.05, 3.63) is 35.0 Å². The maximum absolute atomic E-state index is 10.0. The Morgan fingerprint density at radius 3 is 2.74 bits per heavy atom. The van der Waals surface area contributed by atoms with Gasteiger partial charge in [-0.25, -0.2) is 0 Å². The van der Waals surface area contributed by atoms with Crippen LogP contribution >= 0.6 is 0 Å². The standard InChI is InChI=1S/C18H22N2O3/c1-20-7-6-18(5-4-14(21)10-16(18)20)13-8-12(11-19)17(23-3)15(9-13)22-2/h8-10,14,21H,4-7H2,1-3H3/t14-,18+/m1/s1. The highest BCUT2D eigenvalue weighted by Gasteiger charge is 2.45. The molecule has 0 bridgehead atoms. The summed E-state index contributed by atoms with van der Waals surface area (Å²) in [6.07, 6.45) is 4.13. The zero-order valence-electron chi connectivity index (χ0n) is 13.8. The Morgan fingerprint density at radius 2 is 2.09 bits per heavy atom. The van der Waals surface area contributed by atoms with Gasteiger partial charge in [0.1, 0.15) is 6.07 Å². The fourth-order valence-corrected chi connectivity index (χ4v) is 3.93. The summed E-state index contributed by atoms with van der Waals surface area (Å²) in [7, 11) is 5.18. The predicted octanol–water partition coefficient (Wildman–Crippen LogP) is 2.19. The second kappa shape index (κ2) is 5.78. The molecule has 3 rings (SSSR count). The molecule has 1 aliphatic heterocycles. The lowest BCUT2D eigenvalue weighted by atomic mass is 9.70. The highest BCUT2D eigenvalue weighted by molar-refractivity contribution is 5.58. The summed E-state index contributed by atoms with van der Waals surface area (Å²) < 4.78 is 10.8. The van der Waals surface area contributed by atoms with Crippen LogP contribution in [0.3, 0.4) is 0 Å². The Kier molecular flexibility index (Phi) is 3.95. The summed E-state index contributed by atoms with van der Waals surface area (Å²) in [4.78, 5) is 2.20. The lowest BCUT2D eigenvalue weighted by Crippen LogP contribution is -2.33. The van der Waals surface area contributed by atoms with E-state index in [4.69, 9.17) is 9.47 Å². The first kappa shape index (κ1) is 15.7. The number of likely N-dealkylation sites (N-methyl/N-ethyl adjacent to an activating group) is 1. The SMILES string of the molecule is COc1cc([C@@]23CC[C@@H](O)C=C2N(C)CC3)cc(C#N)c1OC. The number of allylic oxidation sites excluding steroid dienone is 1. The monoisotopic (exact) mass is 314 g/mol. The predicted molar refractivity (Wildman–Crippen MR) is 86.5 cm³/mol. The van der Waals surface area contributed by atoms with Gasteiger partial charge in [0.05, 0.1) is 25.9 Å². The molecule has 1 aromatic carbocycles. The third-order valence-corrected chi connectivity index (χ3v) is 5.14. The molecule has 0 aromatic heterocycles. The summed E-state index contributed by atoms with van der Waals surface area (Å²) in [5, 5.41) is 19.5. The van der Waals surface area contributed by atoms with Crippen molar-refractivity contribution < 1.29 is 14.6 Å². The highest BCUT2D eigenvalue weighted by Crippen LogP contribution is 2.50. The second-order valence-corrected chi connectivity index (χ2v) is 6.28. The van der Waals surface area contributed by atoms with Crippen LogP contribution in [0.15, 0.2) is 23.9 Å². The van der Waals surface area contributed by atoms with E-state index in [9.17, 15) is 10.4 Å². The number of fused-ring (bicyclic) bond motifs is 1. The van der Waals surface area contributed by atoms with Crippen LogP contribution in [0.25, 0.3) is 0 Å². The molecule has 5 nitrogen and oxygen atoms in total. The van der Waals surface area contributed by atoms with E-state index >= 15 is 0 Å². The molecule has 0 radical (unpaired) electrons. The topological polar surface area (TPSA) is 65.7 Å². The number of nitrogens with zero attached hydrogens (tertiary/aromatic N) is 2. The van der Waals surface area contributed by atoms with Crippen molar-refractivity contribution in [1.82, 2.24) is 4.90 Å². The Balaban J connectivity index is 2.18. The largest absolute Gasteiger partial charge is 0.493 e. The second-order valence-electron chi connectivity index (χ2n) is 6.28. The van der Waals surface area contributed by atoms with E-state index in [2.05, 4.69) is 18.0 Å². The Morgan fingerprint density at radius 1 is 1.30 bits per heavy atom. The first-order valence-corrected chi connectivity index (χ1v) is 7.84. The molecule has 122 valence electrons. The lowest BCUT2D eigenvalue weighted by Gasteiger charge is -2.37. The van der Waals surface area contributed by atoms with E-state index in [1.807, 2.05) is 18.2 Å². The maximum atomic E-state index is 10.0. The fraction of sp³-hybridized carbons (Fsp3) is 0.500. The normalized spacial score (nSPS) is 26.3. The summed E-state index contributed by atoms with van der Waals surface area (Å²) in [5.41, 5.74) is 2.54. The summed E-state index contributed by atoms with van der Waals surface area (Å²) in [6, 6.07) is 6.10. The van der Waals surface area contributed by atoms with Crippen LogP contribution < -0.4 is 9.47 Å². The number of hydrogen-bond acceptors (Lipinski definition) is 5. The van der Waals surface area contributed by atoms with E-state index in [1.165, 1.54) is 0 Å². The number of benzene rings is 1. The van der Waals surface area contributed by atoms with E-state index in [-0.39, 0.29) is 5.41 Å². The Bertz CT molecular complexity index is 692. The van der Waals surface area contributed by atoms with Gasteiger partial charge in [0.15, 0.2) is 11.5 Å². The third-order valence-electron chi connectivity index (χ3n) is 5.14. The van der Waals surface area contributed by atoms with E-state index in [1.54, 1.807) is 14.2 Å². The number of ether oxygens (including phenoxy) is 2. The zero-order chi connectivity index (χ0) is 16.6. The van der Waals surface area contributed by atoms with Gasteiger partial charge in [-0.2, -0.15) is 5.26 Å². The van der Waals surface area contributed by atoms with Crippen LogP contribution in [-0.4, -0.2) is 43.9 Å². The summed E-state index contributed by atoms with van der Waals surface area (Å²) >= 11 is 0. The van der Waals surface area contributed by atoms with Gasteiger partial charge in [-0.1, -0.05) is 0 Å². The van der Waals surface area contributed by atoms with Gasteiger partial charge in [0.2, 0.25) is 0 Å². The molecule has 2 atom stereocenters. The van der Waals surface area contributed by atoms with Crippen molar-refractivity contribution >= 4 is 0 Å². The molecular formula is C18H22N2O3. The van der Waals surface area contributed by atoms with Crippen molar-refractivity contribution in [2.75, 3.05) is 27.8 Å². The number of aliphatic hydroxyl groups excluding tert-OH is 1. The maximum Gasteiger partial charge on any atom is 0.178 e. The quantitative estimate of drug-likeness (QED) is 0.926. The molecule has 0 amide bonds. The number of likely N-dealkylation sites (tertiary alicyclic amines) is 1. The minimum absolute atomic E-state index is 0.154. The molecule has 23 heavy (non-hydrogen) atoms. The molecule has 1 aliphatic carbocycles. The Hall–Kier alpha value is -2.19. The average molecular weight is 314 g/mol. The van der Waals surface area contributed by atoms with Crippen molar-refractivity contribution in [1.29, 1.82) is 5.26 Å². The molecule has 1 saturated heterocycles. The van der Waals surface area contributed by atoms with Gasteiger partial charge in [-0.05, 0) is 43.0 Å². The van der Waals surface area contributed by atoms with E-state index < -0.39 is 6.10 Å². The van der Waals surface area contributed by atoms with Gasteiger partial charge in [-0.15, -0.1) is 0 Å². The Labute approximate surface area is 136 Å². The minimum Gasteiger partial charge on any atom is -0.493 e. The van der Waals surface area contributed by atoms with E-state index in [0.717, 1.165) is 37.1 Å². The van der Waals surface area contributed by atoms with E-state index in [0.29, 0.717) is 17.1 Å². The number of methoxy groups -OCH3 is 2. The van der Waals surface area contributed by atoms with Gasteiger partial charge >= 0.3 is 0 Å². The smallest absolute Gasteiger partial charge is 0.178 e. The number of rotatable bonds is 3. The minimum atomic E-state index is -0.394. The van der Waals surface area contributed by atoms with Gasteiger partial charge in [-0.3, -0.25) is 0 Å². The van der Waals surface area contributed by atoms with Crippen LogP contribution in [-0.2, 0) is 5.41 Å². The van der Waals surface area contributed by atoms with Crippen molar-refractivity contribution in [2.45, 2.75) is 30.8 Å². The number of nitriles is 1. The number of hydrogen-bond donors (Lipinski definition) is 1. The molecule has 5 heteroatoms. The van der Waals surface area contributed by atoms with Crippen LogP contribution in [0.1, 0.15) is 30.4 Å². The molecule has 1 fully saturated rings. The molecule has 2 aliphatic rings. The van der Waals surface area contributed by atoms with Crippen LogP contribution in [0.2, 0.25) is 0 Å². The summed E-state index contributed by atoms with van der Waals surface area (Å²) in [6.45, 7) is 0.939. The number of aliphatic hydroxyl groups is 1. The van der Waals surface area contributed by atoms with Crippen molar-refractivity contribution in [3.63, 3.8) is 0 Å². The third kappa shape index (κ3) is 2.34. The fourth-order valence-electron chi connectivity index (χ4n) is 3.93. The van der Waals surface area contributed by atoms with Crippen molar-refractivity contribution in [3.8, 4) is 17.6 Å². The molecule has 1 aromatic rings. The van der Waals surface area contributed by atoms with Gasteiger partial charge < -0.3 is 19.5 Å². The van der Waals surface area contributed by atoms with Gasteiger partial charge in [0.25, 0.3) is 0 Å². The molecule has 1 heterocycles. The lowest BCUT2D eigenvalue weighted by molar-refractivity contribution is 0.181. The van der Waals surface area contributed by atoms with Crippen molar-refractivity contribution in [2.24, 2.45) is 0 Å². The molecule has 0 unspecified atom stereocenters. The molecular weight excluding hydrogens is 292 g/mol. The molecule has 1 N–H and O–H groups in total. The summed E-state index contributed by atoms with van der Waals surface area (Å²) in [5.74, 6) is 1.05. The first-order chi connectivity index (χ1) is 11.1. The van der Waals surface area contributed by atoms with Crippen LogP contribution in [0.5, 0.6) is 11.5 Å². The highest BCUT2D eigenvalue weighted by atomic mass is 16.5. The molecule has 0 spiro atoms. The average Bonchev–Trinajstić information content (AvgIpc) is 2.91. The molecule has 0 saturated carbocycles.